The van der Waals surface area contributed by atoms with Gasteiger partial charge in [-0.05, 0) is 188 Å². The molecule has 2 heterocycles. The van der Waals surface area contributed by atoms with Crippen LogP contribution < -0.4 is 0 Å². The number of rotatable bonds is 7. The topological polar surface area (TPSA) is 38.0 Å². The maximum absolute atomic E-state index is 10.8. The standard InChI is InChI=1S/C71H56N4/c1-41-11-20-55(46(6)29-41)50-16-25-60-61-26-17-51(56-21-12-42(2)30-47(56)7)35-67(61)74(66(60)34-50)70-38-64(59-24-15-45(5)33-54(59)40-72)65(73-10)39-71(70)75-68-36-52(57-22-13-43(3)31-48(57)8)18-27-62(68)63-28-19-53(37-69(63)75)58-23-14-44(4)32-49(58)9/h11-39H,1-9H3. The molecule has 0 saturated heterocycles. The molecule has 0 aliphatic heterocycles. The molecule has 0 aliphatic rings. The predicted molar refractivity (Wildman–Crippen MR) is 316 cm³/mol. The zero-order valence-corrected chi connectivity index (χ0v) is 44.0. The Labute approximate surface area is 439 Å². The molecule has 0 amide bonds. The second kappa shape index (κ2) is 18.1. The fourth-order valence-corrected chi connectivity index (χ4v) is 12.0. The molecule has 0 radical (unpaired) electrons. The molecular formula is C71H56N4. The van der Waals surface area contributed by atoms with Crippen molar-refractivity contribution in [1.29, 1.82) is 5.26 Å². The number of hydrogen-bond donors (Lipinski definition) is 0. The third-order valence-corrected chi connectivity index (χ3v) is 15.6. The highest BCUT2D eigenvalue weighted by atomic mass is 15.1. The molecule has 12 aromatic rings. The molecule has 4 nitrogen and oxygen atoms in total. The molecular weight excluding hydrogens is 909 g/mol. The Hall–Kier alpha value is -9.22. The summed E-state index contributed by atoms with van der Waals surface area (Å²) < 4.78 is 4.86. The Kier molecular flexibility index (Phi) is 11.3. The van der Waals surface area contributed by atoms with Gasteiger partial charge in [0, 0.05) is 21.5 Å². The third-order valence-electron chi connectivity index (χ3n) is 15.6. The summed E-state index contributed by atoms with van der Waals surface area (Å²) in [6.07, 6.45) is 0. The van der Waals surface area contributed by atoms with Crippen LogP contribution in [0.15, 0.2) is 176 Å². The first-order valence-corrected chi connectivity index (χ1v) is 25.8. The normalized spacial score (nSPS) is 11.5. The largest absolute Gasteiger partial charge is 0.308 e. The quantitative estimate of drug-likeness (QED) is 0.147. The van der Waals surface area contributed by atoms with Crippen LogP contribution in [0.3, 0.4) is 0 Å². The van der Waals surface area contributed by atoms with Crippen LogP contribution in [0.1, 0.15) is 55.6 Å². The molecule has 360 valence electrons. The first-order valence-electron chi connectivity index (χ1n) is 25.8. The predicted octanol–water partition coefficient (Wildman–Crippen LogP) is 19.4. The van der Waals surface area contributed by atoms with Crippen LogP contribution in [0.5, 0.6) is 0 Å². The van der Waals surface area contributed by atoms with Crippen molar-refractivity contribution in [2.45, 2.75) is 62.3 Å². The summed E-state index contributed by atoms with van der Waals surface area (Å²) in [5.41, 5.74) is 28.3. The molecule has 12 rings (SSSR count). The first kappa shape index (κ1) is 46.8. The van der Waals surface area contributed by atoms with Gasteiger partial charge < -0.3 is 9.13 Å². The van der Waals surface area contributed by atoms with E-state index in [1.165, 1.54) is 66.8 Å². The molecule has 2 aromatic heterocycles. The molecule has 0 saturated carbocycles. The van der Waals surface area contributed by atoms with Gasteiger partial charge in [0.15, 0.2) is 5.69 Å². The van der Waals surface area contributed by atoms with Gasteiger partial charge in [0.1, 0.15) is 0 Å². The number of fused-ring (bicyclic) bond motifs is 6. The van der Waals surface area contributed by atoms with Crippen LogP contribution in [0, 0.1) is 80.2 Å². The van der Waals surface area contributed by atoms with Crippen LogP contribution in [0.2, 0.25) is 0 Å². The lowest BCUT2D eigenvalue weighted by atomic mass is 9.95. The molecule has 4 heteroatoms. The minimum absolute atomic E-state index is 0.466. The zero-order valence-electron chi connectivity index (χ0n) is 44.0. The van der Waals surface area contributed by atoms with Crippen molar-refractivity contribution in [2.24, 2.45) is 0 Å². The molecule has 75 heavy (non-hydrogen) atoms. The van der Waals surface area contributed by atoms with Crippen molar-refractivity contribution in [2.75, 3.05) is 0 Å². The van der Waals surface area contributed by atoms with Gasteiger partial charge >= 0.3 is 0 Å². The van der Waals surface area contributed by atoms with E-state index >= 15 is 0 Å². The number of nitrogens with zero attached hydrogens (tertiary/aromatic N) is 4. The second-order valence-corrected chi connectivity index (χ2v) is 21.0. The summed E-state index contributed by atoms with van der Waals surface area (Å²) in [6.45, 7) is 28.3. The fraction of sp³-hybridized carbons (Fsp3) is 0.127. The van der Waals surface area contributed by atoms with E-state index in [9.17, 15) is 5.26 Å². The second-order valence-electron chi connectivity index (χ2n) is 21.0. The van der Waals surface area contributed by atoms with Gasteiger partial charge in [0.05, 0.1) is 51.6 Å². The van der Waals surface area contributed by atoms with E-state index in [2.05, 4.69) is 233 Å². The van der Waals surface area contributed by atoms with Gasteiger partial charge in [0.25, 0.3) is 0 Å². The smallest absolute Gasteiger partial charge is 0.197 e. The number of aryl methyl sites for hydroxylation is 9. The van der Waals surface area contributed by atoms with Crippen molar-refractivity contribution < 1.29 is 0 Å². The van der Waals surface area contributed by atoms with Crippen LogP contribution in [0.4, 0.5) is 5.69 Å². The Morgan fingerprint density at radius 3 is 0.947 bits per heavy atom. The minimum Gasteiger partial charge on any atom is -0.308 e. The van der Waals surface area contributed by atoms with Gasteiger partial charge in [-0.1, -0.05) is 156 Å². The summed E-state index contributed by atoms with van der Waals surface area (Å²) >= 11 is 0. The van der Waals surface area contributed by atoms with E-state index in [1.807, 2.05) is 25.1 Å². The molecule has 0 N–H and O–H groups in total. The van der Waals surface area contributed by atoms with Crippen LogP contribution in [-0.4, -0.2) is 9.13 Å². The maximum atomic E-state index is 10.8. The van der Waals surface area contributed by atoms with Gasteiger partial charge in [0.2, 0.25) is 0 Å². The Bertz CT molecular complexity index is 4260. The number of benzene rings is 10. The van der Waals surface area contributed by atoms with Crippen LogP contribution in [-0.2, 0) is 0 Å². The van der Waals surface area contributed by atoms with Crippen molar-refractivity contribution in [3.8, 4) is 73.1 Å². The van der Waals surface area contributed by atoms with E-state index in [0.29, 0.717) is 16.8 Å². The van der Waals surface area contributed by atoms with Crippen molar-refractivity contribution >= 4 is 49.3 Å². The number of aromatic nitrogens is 2. The highest BCUT2D eigenvalue weighted by Gasteiger charge is 2.25. The van der Waals surface area contributed by atoms with Gasteiger partial charge in [-0.2, -0.15) is 5.26 Å². The Balaban J connectivity index is 1.28. The SMILES string of the molecule is [C-]#[N+]c1cc(-n2c3cc(-c4ccc(C)cc4C)ccc3c3ccc(-c4ccc(C)cc4C)cc32)c(-n2c3cc(-c4ccc(C)cc4C)ccc3c3ccc(-c4ccc(C)cc4C)cc32)cc1-c1ccc(C)cc1C#N. The fourth-order valence-electron chi connectivity index (χ4n) is 12.0. The van der Waals surface area contributed by atoms with Crippen LogP contribution >= 0.6 is 0 Å². The summed E-state index contributed by atoms with van der Waals surface area (Å²) in [4.78, 5) is 4.35. The molecule has 0 unspecified atom stereocenters. The lowest BCUT2D eigenvalue weighted by molar-refractivity contribution is 1.10. The lowest BCUT2D eigenvalue weighted by Crippen LogP contribution is -2.05. The monoisotopic (exact) mass is 964 g/mol. The van der Waals surface area contributed by atoms with E-state index < -0.39 is 0 Å². The summed E-state index contributed by atoms with van der Waals surface area (Å²) in [5.74, 6) is 0. The van der Waals surface area contributed by atoms with Gasteiger partial charge in [-0.3, -0.25) is 0 Å². The average molecular weight is 965 g/mol. The van der Waals surface area contributed by atoms with Crippen molar-refractivity contribution in [3.05, 3.63) is 243 Å². The Morgan fingerprint density at radius 1 is 0.333 bits per heavy atom. The van der Waals surface area contributed by atoms with Crippen molar-refractivity contribution in [1.82, 2.24) is 9.13 Å². The number of hydrogen-bond acceptors (Lipinski definition) is 1. The van der Waals surface area contributed by atoms with E-state index in [-0.39, 0.29) is 0 Å². The summed E-state index contributed by atoms with van der Waals surface area (Å²) in [7, 11) is 0. The van der Waals surface area contributed by atoms with E-state index in [0.717, 1.165) is 88.4 Å². The Morgan fingerprint density at radius 2 is 0.640 bits per heavy atom. The van der Waals surface area contributed by atoms with Gasteiger partial charge in [-0.15, -0.1) is 0 Å². The van der Waals surface area contributed by atoms with E-state index in [1.54, 1.807) is 0 Å². The van der Waals surface area contributed by atoms with Crippen LogP contribution in [0.25, 0.3) is 115 Å². The highest BCUT2D eigenvalue weighted by molar-refractivity contribution is 6.14. The van der Waals surface area contributed by atoms with Crippen molar-refractivity contribution in [3.63, 3.8) is 0 Å². The zero-order chi connectivity index (χ0) is 52.0. The lowest BCUT2D eigenvalue weighted by Gasteiger charge is -2.21. The summed E-state index contributed by atoms with van der Waals surface area (Å²) in [5, 5.41) is 15.3. The third kappa shape index (κ3) is 7.90. The summed E-state index contributed by atoms with van der Waals surface area (Å²) in [6, 6.07) is 67.1. The molecule has 0 bridgehead atoms. The van der Waals surface area contributed by atoms with E-state index in [4.69, 9.17) is 6.57 Å². The average Bonchev–Trinajstić information content (AvgIpc) is 3.89. The molecule has 10 aromatic carbocycles. The minimum atomic E-state index is 0.466. The maximum Gasteiger partial charge on any atom is 0.197 e. The highest BCUT2D eigenvalue weighted by Crippen LogP contribution is 2.46. The molecule has 0 atom stereocenters. The molecule has 0 fully saturated rings. The van der Waals surface area contributed by atoms with Gasteiger partial charge in [-0.25, -0.2) is 4.85 Å². The first-order chi connectivity index (χ1) is 36.3. The molecule has 0 aliphatic carbocycles. The molecule has 0 spiro atoms. The number of nitriles is 1.